The van der Waals surface area contributed by atoms with Crippen LogP contribution in [0.1, 0.15) is 40.0 Å². The first-order valence-corrected chi connectivity index (χ1v) is 9.99. The van der Waals surface area contributed by atoms with E-state index in [1.807, 2.05) is 0 Å². The number of aliphatic hydroxyl groups is 1. The Kier molecular flexibility index (Phi) is 4.78. The Morgan fingerprint density at radius 2 is 2.11 bits per heavy atom. The topological polar surface area (TPSA) is 84.1 Å². The van der Waals surface area contributed by atoms with E-state index < -0.39 is 12.3 Å². The second kappa shape index (κ2) is 6.72. The molecular weight excluding hydrogens is 350 g/mol. The first-order valence-electron chi connectivity index (χ1n) is 9.99. The van der Waals surface area contributed by atoms with Gasteiger partial charge in [-0.3, -0.25) is 4.90 Å². The molecule has 7 nitrogen and oxygen atoms in total. The molecule has 2 unspecified atom stereocenters. The van der Waals surface area contributed by atoms with Gasteiger partial charge in [0.15, 0.2) is 0 Å². The maximum atomic E-state index is 12.4. The number of methoxy groups -OCH3 is 1. The van der Waals surface area contributed by atoms with E-state index in [0.29, 0.717) is 31.9 Å². The average molecular weight is 381 g/mol. The Morgan fingerprint density at radius 1 is 1.37 bits per heavy atom. The standard InChI is InChI=1S/C20H31NO6/c1-12(2)5-6-14-19(3,27-14)17-16(24-4)13(7-9-20(17)11-25-20)26-18(23)21-10-8-15(21)22/h5-6,12-17,22H,7-11H2,1-4H3/b6-5+/t13-,14-,15?,16-,17?,19+,20+/m1/s1. The summed E-state index contributed by atoms with van der Waals surface area (Å²) in [5.41, 5.74) is -0.626. The minimum Gasteiger partial charge on any atom is -0.443 e. The van der Waals surface area contributed by atoms with Gasteiger partial charge in [-0.25, -0.2) is 4.79 Å². The van der Waals surface area contributed by atoms with Gasteiger partial charge in [0, 0.05) is 20.1 Å². The quantitative estimate of drug-likeness (QED) is 0.580. The fourth-order valence-electron chi connectivity index (χ4n) is 4.73. The SMILES string of the molecule is CO[C@H]1C([C@@]2(C)O[C@@H]2/C=C/C(C)C)[C@]2(CC[C@H]1OC(=O)N1CCC1O)CO2. The van der Waals surface area contributed by atoms with Crippen molar-refractivity contribution in [1.82, 2.24) is 4.90 Å². The second-order valence-electron chi connectivity index (χ2n) is 8.81. The van der Waals surface area contributed by atoms with Crippen molar-refractivity contribution in [3.63, 3.8) is 0 Å². The Morgan fingerprint density at radius 3 is 2.63 bits per heavy atom. The van der Waals surface area contributed by atoms with Crippen LogP contribution in [0.15, 0.2) is 12.2 Å². The summed E-state index contributed by atoms with van der Waals surface area (Å²) in [7, 11) is 1.66. The van der Waals surface area contributed by atoms with Crippen LogP contribution in [0.2, 0.25) is 0 Å². The summed E-state index contributed by atoms with van der Waals surface area (Å²) in [6.45, 7) is 7.61. The van der Waals surface area contributed by atoms with Crippen molar-refractivity contribution in [1.29, 1.82) is 0 Å². The Hall–Kier alpha value is -1.15. The number of allylic oxidation sites excluding steroid dienone is 1. The third-order valence-corrected chi connectivity index (χ3v) is 6.55. The van der Waals surface area contributed by atoms with Crippen LogP contribution in [0.3, 0.4) is 0 Å². The summed E-state index contributed by atoms with van der Waals surface area (Å²) in [6, 6.07) is 0. The zero-order chi connectivity index (χ0) is 19.4. The summed E-state index contributed by atoms with van der Waals surface area (Å²) in [4.78, 5) is 13.7. The molecule has 3 aliphatic heterocycles. The molecule has 0 bridgehead atoms. The van der Waals surface area contributed by atoms with Crippen LogP contribution in [0, 0.1) is 11.8 Å². The van der Waals surface area contributed by atoms with Crippen molar-refractivity contribution < 1.29 is 28.8 Å². The predicted molar refractivity (Wildman–Crippen MR) is 97.1 cm³/mol. The van der Waals surface area contributed by atoms with Crippen LogP contribution in [0.5, 0.6) is 0 Å². The number of rotatable bonds is 5. The van der Waals surface area contributed by atoms with Gasteiger partial charge in [0.1, 0.15) is 35.7 Å². The summed E-state index contributed by atoms with van der Waals surface area (Å²) >= 11 is 0. The number of epoxide rings is 2. The molecule has 152 valence electrons. The number of nitrogens with zero attached hydrogens (tertiary/aromatic N) is 1. The Labute approximate surface area is 160 Å². The van der Waals surface area contributed by atoms with Gasteiger partial charge in [-0.05, 0) is 25.7 Å². The Balaban J connectivity index is 1.50. The molecule has 1 spiro atoms. The van der Waals surface area contributed by atoms with Crippen LogP contribution >= 0.6 is 0 Å². The third-order valence-electron chi connectivity index (χ3n) is 6.55. The lowest BCUT2D eigenvalue weighted by atomic mass is 9.68. The van der Waals surface area contributed by atoms with Crippen molar-refractivity contribution in [2.75, 3.05) is 20.3 Å². The van der Waals surface area contributed by atoms with Crippen molar-refractivity contribution in [2.45, 2.75) is 75.8 Å². The fraction of sp³-hybridized carbons (Fsp3) is 0.850. The molecule has 0 aromatic heterocycles. The van der Waals surface area contributed by atoms with E-state index in [-0.39, 0.29) is 35.4 Å². The number of aliphatic hydroxyl groups excluding tert-OH is 1. The first-order chi connectivity index (χ1) is 12.8. The minimum absolute atomic E-state index is 0.00956. The molecule has 1 saturated carbocycles. The molecule has 3 saturated heterocycles. The highest BCUT2D eigenvalue weighted by molar-refractivity contribution is 5.69. The molecule has 1 amide bonds. The lowest BCUT2D eigenvalue weighted by molar-refractivity contribution is -0.134. The number of ether oxygens (including phenoxy) is 4. The van der Waals surface area contributed by atoms with E-state index in [9.17, 15) is 9.90 Å². The maximum Gasteiger partial charge on any atom is 0.412 e. The maximum absolute atomic E-state index is 12.4. The average Bonchev–Trinajstić information content (AvgIpc) is 3.51. The molecule has 3 heterocycles. The van der Waals surface area contributed by atoms with Gasteiger partial charge in [0.2, 0.25) is 0 Å². The molecule has 27 heavy (non-hydrogen) atoms. The summed E-state index contributed by atoms with van der Waals surface area (Å²) in [6.07, 6.45) is 4.54. The van der Waals surface area contributed by atoms with Gasteiger partial charge >= 0.3 is 6.09 Å². The Bertz CT molecular complexity index is 618. The molecule has 1 aliphatic carbocycles. The predicted octanol–water partition coefficient (Wildman–Crippen LogP) is 2.08. The van der Waals surface area contributed by atoms with Crippen molar-refractivity contribution >= 4 is 6.09 Å². The normalized spacial score (nSPS) is 46.0. The van der Waals surface area contributed by atoms with Gasteiger partial charge in [-0.15, -0.1) is 0 Å². The summed E-state index contributed by atoms with van der Waals surface area (Å²) < 4.78 is 23.6. The van der Waals surface area contributed by atoms with Crippen molar-refractivity contribution in [2.24, 2.45) is 11.8 Å². The van der Waals surface area contributed by atoms with Crippen molar-refractivity contribution in [3.8, 4) is 0 Å². The van der Waals surface area contributed by atoms with E-state index in [4.69, 9.17) is 18.9 Å². The van der Waals surface area contributed by atoms with E-state index in [2.05, 4.69) is 32.9 Å². The van der Waals surface area contributed by atoms with Crippen LogP contribution in [0.25, 0.3) is 0 Å². The van der Waals surface area contributed by atoms with Gasteiger partial charge in [-0.1, -0.05) is 26.0 Å². The van der Waals surface area contributed by atoms with Crippen molar-refractivity contribution in [3.05, 3.63) is 12.2 Å². The van der Waals surface area contributed by atoms with Gasteiger partial charge in [0.25, 0.3) is 0 Å². The van der Waals surface area contributed by atoms with Gasteiger partial charge < -0.3 is 24.1 Å². The molecule has 4 fully saturated rings. The molecular formula is C20H31NO6. The van der Waals surface area contributed by atoms with Crippen LogP contribution in [-0.2, 0) is 18.9 Å². The van der Waals surface area contributed by atoms with Crippen LogP contribution < -0.4 is 0 Å². The number of hydrogen-bond donors (Lipinski definition) is 1. The lowest BCUT2D eigenvalue weighted by Crippen LogP contribution is -2.58. The zero-order valence-corrected chi connectivity index (χ0v) is 16.6. The largest absolute Gasteiger partial charge is 0.443 e. The van der Waals surface area contributed by atoms with Gasteiger partial charge in [-0.2, -0.15) is 0 Å². The number of carbonyl (C=O) groups is 1. The molecule has 4 rings (SSSR count). The third kappa shape index (κ3) is 3.28. The number of carbonyl (C=O) groups excluding carboxylic acids is 1. The first kappa shape index (κ1) is 19.2. The molecule has 4 aliphatic rings. The summed E-state index contributed by atoms with van der Waals surface area (Å²) in [5, 5.41) is 9.70. The second-order valence-corrected chi connectivity index (χ2v) is 8.81. The molecule has 7 heteroatoms. The molecule has 0 aromatic rings. The lowest BCUT2D eigenvalue weighted by Gasteiger charge is -2.44. The van der Waals surface area contributed by atoms with Crippen LogP contribution in [-0.4, -0.2) is 72.1 Å². The monoisotopic (exact) mass is 381 g/mol. The highest BCUT2D eigenvalue weighted by Gasteiger charge is 2.72. The molecule has 0 radical (unpaired) electrons. The summed E-state index contributed by atoms with van der Waals surface area (Å²) in [5.74, 6) is 0.454. The van der Waals surface area contributed by atoms with E-state index in [1.54, 1.807) is 7.11 Å². The zero-order valence-electron chi connectivity index (χ0n) is 16.6. The van der Waals surface area contributed by atoms with Gasteiger partial charge in [0.05, 0.1) is 12.5 Å². The smallest absolute Gasteiger partial charge is 0.412 e. The molecule has 1 N–H and O–H groups in total. The molecule has 0 aromatic carbocycles. The highest BCUT2D eigenvalue weighted by atomic mass is 16.6. The van der Waals surface area contributed by atoms with E-state index >= 15 is 0 Å². The van der Waals surface area contributed by atoms with Crippen LogP contribution in [0.4, 0.5) is 4.79 Å². The molecule has 7 atom stereocenters. The number of hydrogen-bond acceptors (Lipinski definition) is 6. The number of likely N-dealkylation sites (tertiary alicyclic amines) is 1. The minimum atomic E-state index is -0.731. The number of amides is 1. The highest BCUT2D eigenvalue weighted by Crippen LogP contribution is 2.59. The fourth-order valence-corrected chi connectivity index (χ4v) is 4.73. The van der Waals surface area contributed by atoms with E-state index in [1.165, 1.54) is 4.90 Å². The van der Waals surface area contributed by atoms with E-state index in [0.717, 1.165) is 6.42 Å².